The van der Waals surface area contributed by atoms with Crippen molar-refractivity contribution in [2.45, 2.75) is 12.7 Å². The van der Waals surface area contributed by atoms with Crippen LogP contribution >= 0.6 is 24.0 Å². The molecule has 0 radical (unpaired) electrons. The van der Waals surface area contributed by atoms with Gasteiger partial charge in [-0.3, -0.25) is 9.36 Å². The average molecular weight is 402 g/mol. The van der Waals surface area contributed by atoms with Gasteiger partial charge in [0.2, 0.25) is 0 Å². The highest BCUT2D eigenvalue weighted by Crippen LogP contribution is 2.15. The molecule has 0 aliphatic carbocycles. The molecule has 0 unspecified atom stereocenters. The molecule has 3 rings (SSSR count). The molecule has 3 aromatic rings. The summed E-state index contributed by atoms with van der Waals surface area (Å²) in [6, 6.07) is 14.3. The van der Waals surface area contributed by atoms with E-state index in [9.17, 15) is 9.18 Å². The number of carbonyl (C=O) groups excluding carboxylic acids is 1. The molecule has 0 spiro atoms. The third-order valence-electron chi connectivity index (χ3n) is 4.02. The SMILES string of the molecule is Cc1ccc(CSCCNC(=O)c2c[nH]c(=S)n2-c2ccc(F)cc2)cc1. The zero-order valence-corrected chi connectivity index (χ0v) is 16.5. The summed E-state index contributed by atoms with van der Waals surface area (Å²) in [6.45, 7) is 2.62. The van der Waals surface area contributed by atoms with Gasteiger partial charge in [-0.1, -0.05) is 29.8 Å². The molecule has 0 saturated carbocycles. The maximum absolute atomic E-state index is 13.1. The van der Waals surface area contributed by atoms with Crippen LogP contribution in [0.4, 0.5) is 4.39 Å². The van der Waals surface area contributed by atoms with Crippen molar-refractivity contribution < 1.29 is 9.18 Å². The lowest BCUT2D eigenvalue weighted by atomic mass is 10.2. The van der Waals surface area contributed by atoms with Crippen molar-refractivity contribution in [1.82, 2.24) is 14.9 Å². The fourth-order valence-corrected chi connectivity index (χ4v) is 3.67. The Labute approximate surface area is 166 Å². The van der Waals surface area contributed by atoms with Crippen molar-refractivity contribution >= 4 is 29.9 Å². The van der Waals surface area contributed by atoms with Crippen LogP contribution in [0.5, 0.6) is 0 Å². The van der Waals surface area contributed by atoms with E-state index in [1.807, 2.05) is 0 Å². The first-order valence-corrected chi connectivity index (χ1v) is 10.1. The summed E-state index contributed by atoms with van der Waals surface area (Å²) >= 11 is 7.02. The molecule has 27 heavy (non-hydrogen) atoms. The number of amides is 1. The van der Waals surface area contributed by atoms with Crippen LogP contribution in [0.1, 0.15) is 21.6 Å². The first-order valence-electron chi connectivity index (χ1n) is 8.52. The summed E-state index contributed by atoms with van der Waals surface area (Å²) in [4.78, 5) is 15.4. The number of rotatable bonds is 7. The second-order valence-electron chi connectivity index (χ2n) is 6.08. The molecule has 2 N–H and O–H groups in total. The van der Waals surface area contributed by atoms with E-state index in [0.717, 1.165) is 11.5 Å². The highest BCUT2D eigenvalue weighted by Gasteiger charge is 2.14. The van der Waals surface area contributed by atoms with Crippen LogP contribution in [-0.4, -0.2) is 27.8 Å². The number of hydrogen-bond donors (Lipinski definition) is 2. The van der Waals surface area contributed by atoms with Crippen molar-refractivity contribution in [3.05, 3.63) is 82.1 Å². The molecule has 7 heteroatoms. The largest absolute Gasteiger partial charge is 0.350 e. The number of nitrogens with one attached hydrogen (secondary N) is 2. The molecular weight excluding hydrogens is 381 g/mol. The van der Waals surface area contributed by atoms with E-state index >= 15 is 0 Å². The molecule has 0 atom stereocenters. The summed E-state index contributed by atoms with van der Waals surface area (Å²) < 4.78 is 15.1. The topological polar surface area (TPSA) is 49.8 Å². The Bertz CT molecular complexity index is 962. The fraction of sp³-hybridized carbons (Fsp3) is 0.200. The van der Waals surface area contributed by atoms with E-state index in [-0.39, 0.29) is 11.7 Å². The van der Waals surface area contributed by atoms with Crippen LogP contribution < -0.4 is 5.32 Å². The van der Waals surface area contributed by atoms with Gasteiger partial charge in [0.15, 0.2) is 4.77 Å². The number of aryl methyl sites for hydroxylation is 1. The van der Waals surface area contributed by atoms with E-state index in [4.69, 9.17) is 12.2 Å². The molecule has 0 aliphatic rings. The minimum Gasteiger partial charge on any atom is -0.350 e. The van der Waals surface area contributed by atoms with E-state index in [1.165, 1.54) is 23.3 Å². The number of hydrogen-bond acceptors (Lipinski definition) is 3. The van der Waals surface area contributed by atoms with Gasteiger partial charge < -0.3 is 10.3 Å². The Morgan fingerprint density at radius 1 is 1.19 bits per heavy atom. The summed E-state index contributed by atoms with van der Waals surface area (Å²) in [5.41, 5.74) is 3.56. The number of nitrogens with zero attached hydrogens (tertiary/aromatic N) is 1. The van der Waals surface area contributed by atoms with Crippen molar-refractivity contribution in [3.8, 4) is 5.69 Å². The van der Waals surface area contributed by atoms with Crippen LogP contribution in [0.3, 0.4) is 0 Å². The fourth-order valence-electron chi connectivity index (χ4n) is 2.58. The number of thioether (sulfide) groups is 1. The third-order valence-corrected chi connectivity index (χ3v) is 5.35. The van der Waals surface area contributed by atoms with Gasteiger partial charge in [-0.05, 0) is 49.0 Å². The molecule has 0 fully saturated rings. The first kappa shape index (κ1) is 19.4. The molecule has 1 heterocycles. The van der Waals surface area contributed by atoms with Crippen molar-refractivity contribution in [1.29, 1.82) is 0 Å². The first-order chi connectivity index (χ1) is 13.0. The molecule has 4 nitrogen and oxygen atoms in total. The molecule has 140 valence electrons. The number of benzene rings is 2. The van der Waals surface area contributed by atoms with Gasteiger partial charge >= 0.3 is 0 Å². The third kappa shape index (κ3) is 5.08. The van der Waals surface area contributed by atoms with E-state index in [2.05, 4.69) is 41.5 Å². The Balaban J connectivity index is 1.55. The second kappa shape index (κ2) is 9.01. The summed E-state index contributed by atoms with van der Waals surface area (Å²) in [7, 11) is 0. The van der Waals surface area contributed by atoms with Gasteiger partial charge in [0, 0.05) is 29.9 Å². The lowest BCUT2D eigenvalue weighted by Crippen LogP contribution is -2.27. The summed E-state index contributed by atoms with van der Waals surface area (Å²) in [6.07, 6.45) is 1.57. The highest BCUT2D eigenvalue weighted by molar-refractivity contribution is 7.98. The predicted octanol–water partition coefficient (Wildman–Crippen LogP) is 4.65. The maximum atomic E-state index is 13.1. The minimum absolute atomic E-state index is 0.220. The molecule has 2 aromatic carbocycles. The van der Waals surface area contributed by atoms with Crippen molar-refractivity contribution in [2.24, 2.45) is 0 Å². The molecular formula is C20H20FN3OS2. The van der Waals surface area contributed by atoms with Crippen molar-refractivity contribution in [2.75, 3.05) is 12.3 Å². The predicted molar refractivity (Wildman–Crippen MR) is 111 cm³/mol. The van der Waals surface area contributed by atoms with Gasteiger partial charge in [0.25, 0.3) is 5.91 Å². The minimum atomic E-state index is -0.336. The average Bonchev–Trinajstić information content (AvgIpc) is 3.05. The van der Waals surface area contributed by atoms with Crippen LogP contribution in [0, 0.1) is 17.5 Å². The van der Waals surface area contributed by atoms with E-state index in [0.29, 0.717) is 22.7 Å². The van der Waals surface area contributed by atoms with Gasteiger partial charge in [-0.15, -0.1) is 0 Å². The van der Waals surface area contributed by atoms with Gasteiger partial charge in [0.05, 0.1) is 0 Å². The molecule has 0 bridgehead atoms. The molecule has 0 saturated heterocycles. The number of aromatic nitrogens is 2. The maximum Gasteiger partial charge on any atom is 0.269 e. The number of carbonyl (C=O) groups is 1. The van der Waals surface area contributed by atoms with Crippen LogP contribution in [-0.2, 0) is 5.75 Å². The number of H-pyrrole nitrogens is 1. The normalized spacial score (nSPS) is 10.7. The molecule has 1 aromatic heterocycles. The Morgan fingerprint density at radius 3 is 2.59 bits per heavy atom. The summed E-state index contributed by atoms with van der Waals surface area (Å²) in [5.74, 6) is 1.16. The Morgan fingerprint density at radius 2 is 1.89 bits per heavy atom. The lowest BCUT2D eigenvalue weighted by Gasteiger charge is -2.09. The van der Waals surface area contributed by atoms with E-state index in [1.54, 1.807) is 34.7 Å². The standard InChI is InChI=1S/C20H20FN3OS2/c1-14-2-4-15(5-3-14)13-27-11-10-22-19(25)18-12-23-20(26)24(18)17-8-6-16(21)7-9-17/h2-9,12H,10-11,13H2,1H3,(H,22,25)(H,23,26). The monoisotopic (exact) mass is 401 g/mol. The quantitative estimate of drug-likeness (QED) is 0.448. The zero-order valence-electron chi connectivity index (χ0n) is 14.9. The molecule has 0 aliphatic heterocycles. The van der Waals surface area contributed by atoms with Crippen LogP contribution in [0.15, 0.2) is 54.7 Å². The van der Waals surface area contributed by atoms with Crippen LogP contribution in [0.25, 0.3) is 5.69 Å². The number of imidazole rings is 1. The number of halogens is 1. The second-order valence-corrected chi connectivity index (χ2v) is 7.58. The van der Waals surface area contributed by atoms with Gasteiger partial charge in [0.1, 0.15) is 11.5 Å². The lowest BCUT2D eigenvalue weighted by molar-refractivity contribution is 0.0949. The van der Waals surface area contributed by atoms with Crippen molar-refractivity contribution in [3.63, 3.8) is 0 Å². The Kier molecular flexibility index (Phi) is 6.47. The summed E-state index contributed by atoms with van der Waals surface area (Å²) in [5, 5.41) is 2.91. The van der Waals surface area contributed by atoms with Crippen LogP contribution in [0.2, 0.25) is 0 Å². The molecule has 1 amide bonds. The Hall–Kier alpha value is -2.38. The zero-order chi connectivity index (χ0) is 19.2. The number of aromatic amines is 1. The van der Waals surface area contributed by atoms with E-state index < -0.39 is 0 Å². The van der Waals surface area contributed by atoms with Gasteiger partial charge in [-0.25, -0.2) is 4.39 Å². The smallest absolute Gasteiger partial charge is 0.269 e. The highest BCUT2D eigenvalue weighted by atomic mass is 32.2. The van der Waals surface area contributed by atoms with Gasteiger partial charge in [-0.2, -0.15) is 11.8 Å².